The van der Waals surface area contributed by atoms with E-state index >= 15 is 0 Å². The fourth-order valence-corrected chi connectivity index (χ4v) is 14.9. The van der Waals surface area contributed by atoms with Crippen LogP contribution in [-0.2, 0) is 57.1 Å². The molecule has 0 radical (unpaired) electrons. The molecule has 8 rings (SSSR count). The van der Waals surface area contributed by atoms with Crippen LogP contribution in [0.15, 0.2) is 115 Å². The van der Waals surface area contributed by atoms with Crippen LogP contribution in [-0.4, -0.2) is 87.9 Å². The Kier molecular flexibility index (Phi) is 14.0. The Hall–Kier alpha value is -3.26. The average molecular weight is 851 g/mol. The summed E-state index contributed by atoms with van der Waals surface area (Å²) < 4.78 is 54.7. The second kappa shape index (κ2) is 19.2. The van der Waals surface area contributed by atoms with E-state index in [4.69, 9.17) is 37.3 Å². The number of rotatable bonds is 12. The standard InChI is InChI=1S/C51H66O9Si/c1-50(2,3)61(51(4,5)6)56-34-49-47(60-61)29-45-41(57-49)23-15-22-40(52)42(58-45)27-46-43(55-32-37-24-25-38-20-13-14-21-39(38)26-37)28-44(54-31-36-18-11-8-12-19-36)48(59-46)33-53-30-35-16-9-7-10-17-35/h7-21,23-26,40-49,52H,22,27-34H2,1-6H3/b23-15-/t40?,41-,42?,43-,44+,45+,46+,47-,48-,49+/m0/s1. The summed E-state index contributed by atoms with van der Waals surface area (Å²) in [6.07, 6.45) is 2.45. The maximum absolute atomic E-state index is 11.8. The molecule has 3 fully saturated rings. The zero-order chi connectivity index (χ0) is 42.6. The lowest BCUT2D eigenvalue weighted by molar-refractivity contribution is -0.240. The molecule has 4 aliphatic heterocycles. The lowest BCUT2D eigenvalue weighted by Gasteiger charge is -2.56. The summed E-state index contributed by atoms with van der Waals surface area (Å²) >= 11 is 0. The fraction of sp³-hybridized carbons (Fsp3) is 0.529. The maximum Gasteiger partial charge on any atom is 0.349 e. The topological polar surface area (TPSA) is 94.1 Å². The molecule has 2 unspecified atom stereocenters. The van der Waals surface area contributed by atoms with Gasteiger partial charge in [0.05, 0.1) is 75.8 Å². The number of aliphatic hydroxyl groups is 1. The first-order valence-corrected chi connectivity index (χ1v) is 24.2. The van der Waals surface area contributed by atoms with Gasteiger partial charge in [0, 0.05) is 29.3 Å². The molecule has 10 heteroatoms. The van der Waals surface area contributed by atoms with Crippen LogP contribution in [0.1, 0.15) is 83.9 Å². The van der Waals surface area contributed by atoms with E-state index in [1.807, 2.05) is 42.5 Å². The largest absolute Gasteiger partial charge is 0.391 e. The highest BCUT2D eigenvalue weighted by Crippen LogP contribution is 2.55. The smallest absolute Gasteiger partial charge is 0.349 e. The Morgan fingerprint density at radius 1 is 0.623 bits per heavy atom. The minimum absolute atomic E-state index is 0.155. The van der Waals surface area contributed by atoms with Crippen molar-refractivity contribution in [3.05, 3.63) is 132 Å². The SMILES string of the molecule is CC(C)(C)[Si]1(C(C)(C)C)OC[C@H]2O[C@H]3/C=C\CC(O)C(C[C@H]4O[C@@H](COCc5ccccc5)[C@H](OCc5ccccc5)C[C@@H]4OCc4ccc5ccccc5c4)O[C@@H]3C[C@@H]2O1. The molecule has 4 aromatic carbocycles. The van der Waals surface area contributed by atoms with Gasteiger partial charge in [-0.2, -0.15) is 0 Å². The molecule has 328 valence electrons. The normalized spacial score (nSPS) is 31.1. The molecule has 0 amide bonds. The highest BCUT2D eigenvalue weighted by Gasteiger charge is 2.63. The van der Waals surface area contributed by atoms with Crippen molar-refractivity contribution in [1.29, 1.82) is 0 Å². The quantitative estimate of drug-likeness (QED) is 0.111. The Labute approximate surface area is 363 Å². The molecular formula is C51H66O9Si. The molecule has 61 heavy (non-hydrogen) atoms. The molecule has 4 aliphatic rings. The number of aliphatic hydroxyl groups excluding tert-OH is 1. The first-order chi connectivity index (χ1) is 29.3. The van der Waals surface area contributed by atoms with Crippen LogP contribution in [0.3, 0.4) is 0 Å². The van der Waals surface area contributed by atoms with E-state index in [-0.39, 0.29) is 52.8 Å². The van der Waals surface area contributed by atoms with Crippen molar-refractivity contribution in [2.24, 2.45) is 0 Å². The van der Waals surface area contributed by atoms with Crippen molar-refractivity contribution in [3.8, 4) is 0 Å². The molecule has 10 atom stereocenters. The van der Waals surface area contributed by atoms with Crippen molar-refractivity contribution in [2.75, 3.05) is 13.2 Å². The Bertz CT molecular complexity index is 2020. The number of hydrogen-bond acceptors (Lipinski definition) is 9. The molecule has 4 aromatic rings. The minimum Gasteiger partial charge on any atom is -0.391 e. The molecule has 4 heterocycles. The minimum atomic E-state index is -2.74. The third kappa shape index (κ3) is 10.4. The molecule has 1 N–H and O–H groups in total. The lowest BCUT2D eigenvalue weighted by Crippen LogP contribution is -2.67. The predicted molar refractivity (Wildman–Crippen MR) is 239 cm³/mol. The number of benzene rings is 4. The van der Waals surface area contributed by atoms with E-state index in [0.717, 1.165) is 16.7 Å². The van der Waals surface area contributed by atoms with E-state index in [9.17, 15) is 5.11 Å². The van der Waals surface area contributed by atoms with E-state index < -0.39 is 26.9 Å². The summed E-state index contributed by atoms with van der Waals surface area (Å²) in [7, 11) is -2.74. The van der Waals surface area contributed by atoms with Crippen LogP contribution in [0.2, 0.25) is 10.1 Å². The summed E-state index contributed by atoms with van der Waals surface area (Å²) in [6, 6.07) is 35.2. The van der Waals surface area contributed by atoms with E-state index in [1.54, 1.807) is 0 Å². The molecular weight excluding hydrogens is 785 g/mol. The van der Waals surface area contributed by atoms with Crippen LogP contribution in [0.5, 0.6) is 0 Å². The second-order valence-electron chi connectivity index (χ2n) is 19.5. The van der Waals surface area contributed by atoms with Crippen LogP contribution in [0.25, 0.3) is 10.8 Å². The molecule has 0 aliphatic carbocycles. The van der Waals surface area contributed by atoms with Gasteiger partial charge in [-0.05, 0) is 39.9 Å². The number of ether oxygens (including phenoxy) is 6. The van der Waals surface area contributed by atoms with E-state index in [2.05, 4.69) is 114 Å². The molecule has 3 saturated heterocycles. The van der Waals surface area contributed by atoms with Gasteiger partial charge in [0.15, 0.2) is 0 Å². The van der Waals surface area contributed by atoms with Crippen molar-refractivity contribution < 1.29 is 42.4 Å². The first-order valence-electron chi connectivity index (χ1n) is 22.3. The van der Waals surface area contributed by atoms with Gasteiger partial charge >= 0.3 is 8.56 Å². The zero-order valence-corrected chi connectivity index (χ0v) is 37.8. The van der Waals surface area contributed by atoms with Crippen molar-refractivity contribution in [1.82, 2.24) is 0 Å². The second-order valence-corrected chi connectivity index (χ2v) is 24.2. The van der Waals surface area contributed by atoms with Crippen LogP contribution in [0, 0.1) is 0 Å². The third-order valence-corrected chi connectivity index (χ3v) is 18.0. The van der Waals surface area contributed by atoms with Gasteiger partial charge < -0.3 is 42.4 Å². The molecule has 0 spiro atoms. The number of hydrogen-bond donors (Lipinski definition) is 1. The lowest BCUT2D eigenvalue weighted by atomic mass is 9.90. The van der Waals surface area contributed by atoms with Gasteiger partial charge in [-0.25, -0.2) is 0 Å². The van der Waals surface area contributed by atoms with Crippen LogP contribution < -0.4 is 0 Å². The average Bonchev–Trinajstić information content (AvgIpc) is 3.24. The monoisotopic (exact) mass is 850 g/mol. The summed E-state index contributed by atoms with van der Waals surface area (Å²) in [4.78, 5) is 0. The zero-order valence-electron chi connectivity index (χ0n) is 36.8. The highest BCUT2D eigenvalue weighted by atomic mass is 28.4. The van der Waals surface area contributed by atoms with Gasteiger partial charge in [-0.3, -0.25) is 0 Å². The molecule has 0 aromatic heterocycles. The van der Waals surface area contributed by atoms with E-state index in [0.29, 0.717) is 58.7 Å². The Morgan fingerprint density at radius 3 is 1.97 bits per heavy atom. The van der Waals surface area contributed by atoms with E-state index in [1.165, 1.54) is 10.8 Å². The van der Waals surface area contributed by atoms with Crippen LogP contribution >= 0.6 is 0 Å². The van der Waals surface area contributed by atoms with Gasteiger partial charge in [0.25, 0.3) is 0 Å². The van der Waals surface area contributed by atoms with Crippen molar-refractivity contribution in [3.63, 3.8) is 0 Å². The van der Waals surface area contributed by atoms with Crippen molar-refractivity contribution in [2.45, 2.75) is 158 Å². The summed E-state index contributed by atoms with van der Waals surface area (Å²) in [5.74, 6) is 0. The highest BCUT2D eigenvalue weighted by molar-refractivity contribution is 6.73. The Morgan fingerprint density at radius 2 is 1.26 bits per heavy atom. The van der Waals surface area contributed by atoms with Crippen LogP contribution in [0.4, 0.5) is 0 Å². The maximum atomic E-state index is 11.8. The molecule has 9 nitrogen and oxygen atoms in total. The third-order valence-electron chi connectivity index (χ3n) is 12.9. The van der Waals surface area contributed by atoms with Crippen molar-refractivity contribution >= 4 is 19.3 Å². The predicted octanol–water partition coefficient (Wildman–Crippen LogP) is 9.76. The van der Waals surface area contributed by atoms with Gasteiger partial charge in [-0.1, -0.05) is 151 Å². The van der Waals surface area contributed by atoms with Gasteiger partial charge in [0.2, 0.25) is 0 Å². The first kappa shape index (κ1) is 44.3. The molecule has 0 bridgehead atoms. The number of fused-ring (bicyclic) bond motifs is 3. The summed E-state index contributed by atoms with van der Waals surface area (Å²) in [5.41, 5.74) is 3.27. The Balaban J connectivity index is 1.04. The molecule has 0 saturated carbocycles. The van der Waals surface area contributed by atoms with Gasteiger partial charge in [-0.15, -0.1) is 0 Å². The summed E-state index contributed by atoms with van der Waals surface area (Å²) in [5, 5.41) is 13.9. The van der Waals surface area contributed by atoms with Gasteiger partial charge in [0.1, 0.15) is 18.3 Å². The summed E-state index contributed by atoms with van der Waals surface area (Å²) in [6.45, 7) is 15.6. The fourth-order valence-electron chi connectivity index (χ4n) is 9.90.